The van der Waals surface area contributed by atoms with Crippen molar-refractivity contribution in [3.05, 3.63) is 0 Å². The maximum absolute atomic E-state index is 8.72. The average Bonchev–Trinajstić information content (AvgIpc) is 2.30. The van der Waals surface area contributed by atoms with Crippen molar-refractivity contribution in [1.82, 2.24) is 0 Å². The standard InChI is InChI=1S/C12H22N2O2/c1-12(14,10-13)5-2-6-16-9-11-3-7-15-8-4-11/h11H,2-9,14H2,1H3. The van der Waals surface area contributed by atoms with E-state index in [1.165, 1.54) is 0 Å². The Hall–Kier alpha value is -0.630. The summed E-state index contributed by atoms with van der Waals surface area (Å²) in [6.07, 6.45) is 3.75. The summed E-state index contributed by atoms with van der Waals surface area (Å²) in [5.41, 5.74) is 5.00. The van der Waals surface area contributed by atoms with Crippen molar-refractivity contribution in [2.45, 2.75) is 38.1 Å². The third-order valence-corrected chi connectivity index (χ3v) is 2.93. The van der Waals surface area contributed by atoms with E-state index in [1.54, 1.807) is 6.92 Å². The van der Waals surface area contributed by atoms with Crippen molar-refractivity contribution < 1.29 is 9.47 Å². The number of nitrogens with zero attached hydrogens (tertiary/aromatic N) is 1. The molecule has 4 nitrogen and oxygen atoms in total. The summed E-state index contributed by atoms with van der Waals surface area (Å²) in [6, 6.07) is 2.09. The predicted molar refractivity (Wildman–Crippen MR) is 61.8 cm³/mol. The first-order valence-electron chi connectivity index (χ1n) is 6.00. The topological polar surface area (TPSA) is 68.3 Å². The highest BCUT2D eigenvalue weighted by Crippen LogP contribution is 2.15. The minimum atomic E-state index is -0.706. The van der Waals surface area contributed by atoms with Gasteiger partial charge in [0, 0.05) is 26.4 Å². The van der Waals surface area contributed by atoms with Crippen LogP contribution in [0.25, 0.3) is 0 Å². The quantitative estimate of drug-likeness (QED) is 0.696. The molecule has 92 valence electrons. The Morgan fingerprint density at radius 3 is 2.81 bits per heavy atom. The molecule has 2 N–H and O–H groups in total. The van der Waals surface area contributed by atoms with Crippen LogP contribution in [0.4, 0.5) is 0 Å². The van der Waals surface area contributed by atoms with Crippen LogP contribution < -0.4 is 5.73 Å². The van der Waals surface area contributed by atoms with E-state index in [2.05, 4.69) is 6.07 Å². The second-order valence-corrected chi connectivity index (χ2v) is 4.76. The molecule has 1 heterocycles. The van der Waals surface area contributed by atoms with Gasteiger partial charge in [-0.05, 0) is 38.5 Å². The number of rotatable bonds is 6. The fourth-order valence-electron chi connectivity index (χ4n) is 1.76. The van der Waals surface area contributed by atoms with E-state index in [1.807, 2.05) is 0 Å². The van der Waals surface area contributed by atoms with E-state index < -0.39 is 5.54 Å². The third kappa shape index (κ3) is 5.45. The Bertz CT molecular complexity index is 230. The van der Waals surface area contributed by atoms with Crippen molar-refractivity contribution in [1.29, 1.82) is 5.26 Å². The van der Waals surface area contributed by atoms with E-state index in [0.717, 1.165) is 39.1 Å². The van der Waals surface area contributed by atoms with Crippen LogP contribution in [0.5, 0.6) is 0 Å². The van der Waals surface area contributed by atoms with Crippen LogP contribution in [0.2, 0.25) is 0 Å². The first kappa shape index (κ1) is 13.4. The summed E-state index contributed by atoms with van der Waals surface area (Å²) in [7, 11) is 0. The Morgan fingerprint density at radius 1 is 1.50 bits per heavy atom. The number of hydrogen-bond acceptors (Lipinski definition) is 4. The lowest BCUT2D eigenvalue weighted by molar-refractivity contribution is 0.0194. The van der Waals surface area contributed by atoms with Gasteiger partial charge in [-0.2, -0.15) is 5.26 Å². The minimum Gasteiger partial charge on any atom is -0.381 e. The molecule has 0 bridgehead atoms. The van der Waals surface area contributed by atoms with Crippen molar-refractivity contribution in [2.75, 3.05) is 26.4 Å². The van der Waals surface area contributed by atoms with Gasteiger partial charge in [-0.25, -0.2) is 0 Å². The van der Waals surface area contributed by atoms with Crippen molar-refractivity contribution in [2.24, 2.45) is 11.7 Å². The lowest BCUT2D eigenvalue weighted by Crippen LogP contribution is -2.34. The molecule has 0 spiro atoms. The molecule has 0 aromatic carbocycles. The number of nitrogens with two attached hydrogens (primary N) is 1. The van der Waals surface area contributed by atoms with Gasteiger partial charge in [0.25, 0.3) is 0 Å². The van der Waals surface area contributed by atoms with Crippen LogP contribution in [0.1, 0.15) is 32.6 Å². The average molecular weight is 226 g/mol. The summed E-state index contributed by atoms with van der Waals surface area (Å²) in [4.78, 5) is 0. The second-order valence-electron chi connectivity index (χ2n) is 4.76. The molecule has 1 saturated heterocycles. The largest absolute Gasteiger partial charge is 0.381 e. The molecule has 1 atom stereocenters. The van der Waals surface area contributed by atoms with Gasteiger partial charge in [0.15, 0.2) is 0 Å². The van der Waals surface area contributed by atoms with Gasteiger partial charge in [-0.1, -0.05) is 0 Å². The SMILES string of the molecule is CC(N)(C#N)CCCOCC1CCOCC1. The van der Waals surface area contributed by atoms with Gasteiger partial charge < -0.3 is 15.2 Å². The summed E-state index contributed by atoms with van der Waals surface area (Å²) in [5, 5.41) is 8.72. The molecule has 1 aliphatic rings. The molecule has 0 amide bonds. The van der Waals surface area contributed by atoms with Gasteiger partial charge in [-0.15, -0.1) is 0 Å². The number of hydrogen-bond donors (Lipinski definition) is 1. The van der Waals surface area contributed by atoms with E-state index in [9.17, 15) is 0 Å². The zero-order valence-electron chi connectivity index (χ0n) is 10.1. The molecule has 0 aliphatic carbocycles. The van der Waals surface area contributed by atoms with Gasteiger partial charge in [0.2, 0.25) is 0 Å². The molecule has 4 heteroatoms. The molecule has 1 fully saturated rings. The van der Waals surface area contributed by atoms with Crippen molar-refractivity contribution in [3.8, 4) is 6.07 Å². The fraction of sp³-hybridized carbons (Fsp3) is 0.917. The lowest BCUT2D eigenvalue weighted by Gasteiger charge is -2.22. The summed E-state index contributed by atoms with van der Waals surface area (Å²) < 4.78 is 10.9. The van der Waals surface area contributed by atoms with Gasteiger partial charge in [-0.3, -0.25) is 0 Å². The second kappa shape index (κ2) is 6.85. The molecule has 1 rings (SSSR count). The van der Waals surface area contributed by atoms with E-state index >= 15 is 0 Å². The molecule has 0 aromatic heterocycles. The zero-order valence-corrected chi connectivity index (χ0v) is 10.1. The molecule has 1 unspecified atom stereocenters. The minimum absolute atomic E-state index is 0.647. The van der Waals surface area contributed by atoms with Crippen molar-refractivity contribution >= 4 is 0 Å². The van der Waals surface area contributed by atoms with Crippen LogP contribution in [0.15, 0.2) is 0 Å². The van der Waals surface area contributed by atoms with Crippen LogP contribution in [0.3, 0.4) is 0 Å². The predicted octanol–water partition coefficient (Wildman–Crippen LogP) is 1.45. The lowest BCUT2D eigenvalue weighted by atomic mass is 9.99. The number of nitriles is 1. The highest BCUT2D eigenvalue weighted by molar-refractivity contribution is 5.00. The Morgan fingerprint density at radius 2 is 2.19 bits per heavy atom. The van der Waals surface area contributed by atoms with E-state index in [4.69, 9.17) is 20.5 Å². The van der Waals surface area contributed by atoms with Crippen LogP contribution in [-0.2, 0) is 9.47 Å². The van der Waals surface area contributed by atoms with Gasteiger partial charge >= 0.3 is 0 Å². The fourth-order valence-corrected chi connectivity index (χ4v) is 1.76. The van der Waals surface area contributed by atoms with E-state index in [-0.39, 0.29) is 0 Å². The highest BCUT2D eigenvalue weighted by atomic mass is 16.5. The highest BCUT2D eigenvalue weighted by Gasteiger charge is 2.17. The first-order valence-corrected chi connectivity index (χ1v) is 6.00. The van der Waals surface area contributed by atoms with Crippen LogP contribution in [-0.4, -0.2) is 32.0 Å². The third-order valence-electron chi connectivity index (χ3n) is 2.93. The Labute approximate surface area is 97.7 Å². The molecular formula is C12H22N2O2. The number of ether oxygens (including phenoxy) is 2. The zero-order chi connectivity index (χ0) is 11.9. The molecular weight excluding hydrogens is 204 g/mol. The molecule has 0 aromatic rings. The Balaban J connectivity index is 1.97. The van der Waals surface area contributed by atoms with Crippen LogP contribution in [0, 0.1) is 17.2 Å². The van der Waals surface area contributed by atoms with Crippen LogP contribution >= 0.6 is 0 Å². The summed E-state index contributed by atoms with van der Waals surface area (Å²) in [6.45, 7) is 5.00. The molecule has 0 saturated carbocycles. The van der Waals surface area contributed by atoms with Gasteiger partial charge in [0.1, 0.15) is 5.54 Å². The maximum atomic E-state index is 8.72. The van der Waals surface area contributed by atoms with Crippen molar-refractivity contribution in [3.63, 3.8) is 0 Å². The summed E-state index contributed by atoms with van der Waals surface area (Å²) >= 11 is 0. The maximum Gasteiger partial charge on any atom is 0.101 e. The molecule has 16 heavy (non-hydrogen) atoms. The van der Waals surface area contributed by atoms with Gasteiger partial charge in [0.05, 0.1) is 6.07 Å². The monoisotopic (exact) mass is 226 g/mol. The molecule has 0 radical (unpaired) electrons. The Kier molecular flexibility index (Phi) is 5.75. The normalized spacial score (nSPS) is 21.3. The smallest absolute Gasteiger partial charge is 0.101 e. The summed E-state index contributed by atoms with van der Waals surface area (Å²) in [5.74, 6) is 0.647. The molecule has 1 aliphatic heterocycles. The first-order chi connectivity index (χ1) is 7.64. The van der Waals surface area contributed by atoms with E-state index in [0.29, 0.717) is 18.9 Å².